The molecule has 0 saturated heterocycles. The Balaban J connectivity index is 1.53. The SMILES string of the molecule is CCSc1ccccc1C(=O)N[C@H]1CCC[C@H](OC(=O)Nc2ccccc2)C1. The summed E-state index contributed by atoms with van der Waals surface area (Å²) in [5.41, 5.74) is 1.41. The Hall–Kier alpha value is -2.47. The summed E-state index contributed by atoms with van der Waals surface area (Å²) in [4.78, 5) is 25.9. The molecular weight excluding hydrogens is 372 g/mol. The van der Waals surface area contributed by atoms with Crippen LogP contribution in [0.15, 0.2) is 59.5 Å². The molecule has 0 heterocycles. The van der Waals surface area contributed by atoms with E-state index in [0.29, 0.717) is 17.7 Å². The van der Waals surface area contributed by atoms with E-state index in [1.807, 2.05) is 54.6 Å². The monoisotopic (exact) mass is 398 g/mol. The van der Waals surface area contributed by atoms with E-state index in [4.69, 9.17) is 4.74 Å². The zero-order valence-electron chi connectivity index (χ0n) is 16.0. The lowest BCUT2D eigenvalue weighted by Crippen LogP contribution is -2.41. The van der Waals surface area contributed by atoms with Gasteiger partial charge < -0.3 is 10.1 Å². The van der Waals surface area contributed by atoms with Gasteiger partial charge in [-0.1, -0.05) is 37.3 Å². The van der Waals surface area contributed by atoms with Crippen molar-refractivity contribution in [2.45, 2.75) is 49.6 Å². The first-order valence-electron chi connectivity index (χ1n) is 9.71. The molecule has 0 unspecified atom stereocenters. The molecule has 6 heteroatoms. The standard InChI is InChI=1S/C22H26N2O3S/c1-2-28-20-14-7-6-13-19(20)21(25)23-17-11-8-12-18(15-17)27-22(26)24-16-9-4-3-5-10-16/h3-7,9-10,13-14,17-18H,2,8,11-12,15H2,1H3,(H,23,25)(H,24,26)/t17-,18-/m0/s1. The molecule has 0 radical (unpaired) electrons. The molecule has 5 nitrogen and oxygen atoms in total. The van der Waals surface area contributed by atoms with Crippen LogP contribution in [0.5, 0.6) is 0 Å². The highest BCUT2D eigenvalue weighted by molar-refractivity contribution is 7.99. The second kappa shape index (κ2) is 10.2. The third-order valence-corrected chi connectivity index (χ3v) is 5.64. The van der Waals surface area contributed by atoms with Crippen molar-refractivity contribution < 1.29 is 14.3 Å². The fourth-order valence-corrected chi connectivity index (χ4v) is 4.20. The highest BCUT2D eigenvalue weighted by atomic mass is 32.2. The maximum atomic E-state index is 12.7. The Bertz CT molecular complexity index is 797. The van der Waals surface area contributed by atoms with Crippen molar-refractivity contribution in [1.82, 2.24) is 5.32 Å². The number of amides is 2. The molecule has 0 spiro atoms. The fourth-order valence-electron chi connectivity index (χ4n) is 3.40. The van der Waals surface area contributed by atoms with E-state index in [-0.39, 0.29) is 18.1 Å². The molecule has 1 saturated carbocycles. The molecule has 148 valence electrons. The third-order valence-electron chi connectivity index (χ3n) is 4.69. The van der Waals surface area contributed by atoms with Crippen LogP contribution in [0.2, 0.25) is 0 Å². The lowest BCUT2D eigenvalue weighted by molar-refractivity contribution is 0.0711. The second-order valence-corrected chi connectivity index (χ2v) is 8.09. The number of benzene rings is 2. The van der Waals surface area contributed by atoms with Gasteiger partial charge in [0.25, 0.3) is 5.91 Å². The number of carbonyl (C=O) groups is 2. The number of para-hydroxylation sites is 1. The second-order valence-electron chi connectivity index (χ2n) is 6.78. The number of carbonyl (C=O) groups excluding carboxylic acids is 2. The predicted octanol–water partition coefficient (Wildman–Crippen LogP) is 5.09. The normalized spacial score (nSPS) is 18.9. The van der Waals surface area contributed by atoms with Gasteiger partial charge in [-0.05, 0) is 49.3 Å². The minimum atomic E-state index is -0.451. The Morgan fingerprint density at radius 2 is 1.82 bits per heavy atom. The minimum Gasteiger partial charge on any atom is -0.446 e. The summed E-state index contributed by atoms with van der Waals surface area (Å²) >= 11 is 1.66. The lowest BCUT2D eigenvalue weighted by Gasteiger charge is -2.29. The molecule has 2 amide bonds. The summed E-state index contributed by atoms with van der Waals surface area (Å²) < 4.78 is 5.57. The number of thioether (sulfide) groups is 1. The molecular formula is C22H26N2O3S. The number of nitrogens with one attached hydrogen (secondary N) is 2. The molecule has 0 bridgehead atoms. The fraction of sp³-hybridized carbons (Fsp3) is 0.364. The Morgan fingerprint density at radius 3 is 2.61 bits per heavy atom. The predicted molar refractivity (Wildman–Crippen MR) is 113 cm³/mol. The number of rotatable bonds is 6. The summed E-state index contributed by atoms with van der Waals surface area (Å²) in [6.07, 6.45) is 2.62. The molecule has 2 atom stereocenters. The molecule has 2 aromatic rings. The Morgan fingerprint density at radius 1 is 1.07 bits per heavy atom. The van der Waals surface area contributed by atoms with Crippen molar-refractivity contribution in [2.24, 2.45) is 0 Å². The topological polar surface area (TPSA) is 67.4 Å². The van der Waals surface area contributed by atoms with Gasteiger partial charge in [-0.25, -0.2) is 4.79 Å². The van der Waals surface area contributed by atoms with E-state index in [9.17, 15) is 9.59 Å². The van der Waals surface area contributed by atoms with Gasteiger partial charge in [-0.15, -0.1) is 11.8 Å². The molecule has 28 heavy (non-hydrogen) atoms. The summed E-state index contributed by atoms with van der Waals surface area (Å²) in [7, 11) is 0. The summed E-state index contributed by atoms with van der Waals surface area (Å²) in [6.45, 7) is 2.07. The summed E-state index contributed by atoms with van der Waals surface area (Å²) in [6, 6.07) is 16.9. The van der Waals surface area contributed by atoms with Crippen molar-refractivity contribution in [3.8, 4) is 0 Å². The van der Waals surface area contributed by atoms with E-state index in [1.165, 1.54) is 0 Å². The van der Waals surface area contributed by atoms with Crippen LogP contribution in [-0.4, -0.2) is 29.9 Å². The van der Waals surface area contributed by atoms with Gasteiger partial charge in [0, 0.05) is 23.0 Å². The molecule has 0 aromatic heterocycles. The number of anilines is 1. The van der Waals surface area contributed by atoms with Gasteiger partial charge >= 0.3 is 6.09 Å². The molecule has 3 rings (SSSR count). The van der Waals surface area contributed by atoms with E-state index in [2.05, 4.69) is 17.6 Å². The zero-order chi connectivity index (χ0) is 19.8. The Kier molecular flexibility index (Phi) is 7.37. The van der Waals surface area contributed by atoms with Crippen LogP contribution in [0.25, 0.3) is 0 Å². The largest absolute Gasteiger partial charge is 0.446 e. The minimum absolute atomic E-state index is 0.00968. The highest BCUT2D eigenvalue weighted by Crippen LogP contribution is 2.25. The van der Waals surface area contributed by atoms with Crippen molar-refractivity contribution in [3.63, 3.8) is 0 Å². The Labute approximate surface area is 170 Å². The molecule has 2 aromatic carbocycles. The van der Waals surface area contributed by atoms with Crippen LogP contribution >= 0.6 is 11.8 Å². The maximum absolute atomic E-state index is 12.7. The van der Waals surface area contributed by atoms with Crippen molar-refractivity contribution in [2.75, 3.05) is 11.1 Å². The first-order valence-corrected chi connectivity index (χ1v) is 10.7. The van der Waals surface area contributed by atoms with E-state index < -0.39 is 6.09 Å². The molecule has 1 aliphatic rings. The van der Waals surface area contributed by atoms with Gasteiger partial charge in [0.15, 0.2) is 0 Å². The average molecular weight is 399 g/mol. The molecule has 2 N–H and O–H groups in total. The maximum Gasteiger partial charge on any atom is 0.411 e. The number of ether oxygens (including phenoxy) is 1. The van der Waals surface area contributed by atoms with Gasteiger partial charge in [0.05, 0.1) is 5.56 Å². The molecule has 1 aliphatic carbocycles. The van der Waals surface area contributed by atoms with Gasteiger partial charge in [-0.2, -0.15) is 0 Å². The van der Waals surface area contributed by atoms with Crippen LogP contribution in [0.4, 0.5) is 10.5 Å². The van der Waals surface area contributed by atoms with Crippen molar-refractivity contribution >= 4 is 29.4 Å². The lowest BCUT2D eigenvalue weighted by atomic mass is 9.92. The van der Waals surface area contributed by atoms with E-state index >= 15 is 0 Å². The first-order chi connectivity index (χ1) is 13.7. The smallest absolute Gasteiger partial charge is 0.411 e. The third kappa shape index (κ3) is 5.76. The number of hydrogen-bond donors (Lipinski definition) is 2. The van der Waals surface area contributed by atoms with Gasteiger partial charge in [0.1, 0.15) is 6.10 Å². The van der Waals surface area contributed by atoms with Gasteiger partial charge in [-0.3, -0.25) is 10.1 Å². The van der Waals surface area contributed by atoms with Crippen LogP contribution in [-0.2, 0) is 4.74 Å². The quantitative estimate of drug-likeness (QED) is 0.665. The number of hydrogen-bond acceptors (Lipinski definition) is 4. The van der Waals surface area contributed by atoms with Crippen molar-refractivity contribution in [3.05, 3.63) is 60.2 Å². The van der Waals surface area contributed by atoms with Crippen LogP contribution < -0.4 is 10.6 Å². The highest BCUT2D eigenvalue weighted by Gasteiger charge is 2.26. The molecule has 1 fully saturated rings. The van der Waals surface area contributed by atoms with Crippen LogP contribution in [0.1, 0.15) is 43.0 Å². The van der Waals surface area contributed by atoms with E-state index in [1.54, 1.807) is 11.8 Å². The first kappa shape index (κ1) is 20.3. The average Bonchev–Trinajstić information content (AvgIpc) is 2.69. The summed E-state index contributed by atoms with van der Waals surface area (Å²) in [5.74, 6) is 0.858. The van der Waals surface area contributed by atoms with Crippen LogP contribution in [0.3, 0.4) is 0 Å². The van der Waals surface area contributed by atoms with Crippen molar-refractivity contribution in [1.29, 1.82) is 0 Å². The molecule has 0 aliphatic heterocycles. The van der Waals surface area contributed by atoms with Crippen LogP contribution in [0, 0.1) is 0 Å². The van der Waals surface area contributed by atoms with Gasteiger partial charge in [0.2, 0.25) is 0 Å². The summed E-state index contributed by atoms with van der Waals surface area (Å²) in [5, 5.41) is 5.86. The zero-order valence-corrected chi connectivity index (χ0v) is 16.8. The van der Waals surface area contributed by atoms with E-state index in [0.717, 1.165) is 29.9 Å².